The highest BCUT2D eigenvalue weighted by Crippen LogP contribution is 2.31. The van der Waals surface area contributed by atoms with Crippen molar-refractivity contribution in [3.63, 3.8) is 0 Å². The maximum absolute atomic E-state index is 13.8. The van der Waals surface area contributed by atoms with Crippen molar-refractivity contribution in [3.05, 3.63) is 89.3 Å². The molecule has 4 heteroatoms. The van der Waals surface area contributed by atoms with Crippen LogP contribution in [0.4, 0.5) is 4.39 Å². The Kier molecular flexibility index (Phi) is 6.10. The third kappa shape index (κ3) is 4.16. The highest BCUT2D eigenvalue weighted by atomic mass is 35.5. The molecule has 2 nitrogen and oxygen atoms in total. The molecule has 0 aliphatic carbocycles. The fraction of sp³-hybridized carbons (Fsp3) is 0.273. The number of nitrogens with zero attached hydrogens (tertiary/aromatic N) is 2. The zero-order chi connectivity index (χ0) is 18.5. The van der Waals surface area contributed by atoms with Crippen LogP contribution in [0.3, 0.4) is 0 Å². The molecule has 1 radical (unpaired) electrons. The van der Waals surface area contributed by atoms with Crippen LogP contribution < -0.4 is 0 Å². The van der Waals surface area contributed by atoms with E-state index in [1.54, 1.807) is 12.1 Å². The molecule has 2 aromatic carbocycles. The van der Waals surface area contributed by atoms with Crippen LogP contribution in [0.15, 0.2) is 54.6 Å². The minimum Gasteiger partial charge on any atom is -0.237 e. The second kappa shape index (κ2) is 8.50. The summed E-state index contributed by atoms with van der Waals surface area (Å²) in [6.07, 6.45) is 3.73. The number of hydrogen-bond acceptors (Lipinski definition) is 1. The van der Waals surface area contributed by atoms with Gasteiger partial charge in [0, 0.05) is 10.9 Å². The Bertz CT molecular complexity index is 872. The summed E-state index contributed by atoms with van der Waals surface area (Å²) in [6, 6.07) is 16.5. The number of halogens is 2. The minimum absolute atomic E-state index is 0.0347. The number of aryl methyl sites for hydroxylation is 1. The van der Waals surface area contributed by atoms with Gasteiger partial charge >= 0.3 is 0 Å². The molecule has 0 aliphatic rings. The fourth-order valence-corrected chi connectivity index (χ4v) is 3.38. The molecule has 1 atom stereocenters. The lowest BCUT2D eigenvalue weighted by molar-refractivity contribution is 0.621. The SMILES string of the molecule is [CH2]CC(c1cccc(F)c1)c1cc(CCCC)nn1-c1cccc(Cl)c1. The van der Waals surface area contributed by atoms with Crippen LogP contribution in [0.5, 0.6) is 0 Å². The Labute approximate surface area is 159 Å². The molecule has 3 aromatic rings. The van der Waals surface area contributed by atoms with Crippen LogP contribution in [-0.4, -0.2) is 9.78 Å². The highest BCUT2D eigenvalue weighted by Gasteiger charge is 2.20. The van der Waals surface area contributed by atoms with Gasteiger partial charge < -0.3 is 0 Å². The van der Waals surface area contributed by atoms with E-state index in [2.05, 4.69) is 19.9 Å². The number of rotatable bonds is 7. The van der Waals surface area contributed by atoms with E-state index < -0.39 is 0 Å². The molecule has 0 aliphatic heterocycles. The van der Waals surface area contributed by atoms with Gasteiger partial charge in [-0.2, -0.15) is 5.10 Å². The lowest BCUT2D eigenvalue weighted by atomic mass is 9.92. The Morgan fingerprint density at radius 2 is 1.96 bits per heavy atom. The average molecular weight is 370 g/mol. The molecule has 3 rings (SSSR count). The lowest BCUT2D eigenvalue weighted by Gasteiger charge is -2.17. The molecule has 1 heterocycles. The van der Waals surface area contributed by atoms with Crippen molar-refractivity contribution >= 4 is 11.6 Å². The zero-order valence-corrected chi connectivity index (χ0v) is 15.7. The van der Waals surface area contributed by atoms with Gasteiger partial charge in [0.15, 0.2) is 0 Å². The summed E-state index contributed by atoms with van der Waals surface area (Å²) in [5, 5.41) is 5.48. The number of hydrogen-bond donors (Lipinski definition) is 0. The first-order valence-electron chi connectivity index (χ1n) is 9.02. The van der Waals surface area contributed by atoms with Gasteiger partial charge in [0.1, 0.15) is 5.82 Å². The van der Waals surface area contributed by atoms with Gasteiger partial charge in [0.05, 0.1) is 17.1 Å². The van der Waals surface area contributed by atoms with Crippen LogP contribution in [0.2, 0.25) is 5.02 Å². The van der Waals surface area contributed by atoms with Gasteiger partial charge in [-0.15, -0.1) is 0 Å². The predicted octanol–water partition coefficient (Wildman–Crippen LogP) is 6.36. The van der Waals surface area contributed by atoms with Gasteiger partial charge in [-0.3, -0.25) is 0 Å². The van der Waals surface area contributed by atoms with Crippen LogP contribution in [0.1, 0.15) is 49.1 Å². The molecule has 0 N–H and O–H groups in total. The first-order chi connectivity index (χ1) is 12.6. The van der Waals surface area contributed by atoms with Gasteiger partial charge in [0.25, 0.3) is 0 Å². The summed E-state index contributed by atoms with van der Waals surface area (Å²) in [4.78, 5) is 0. The number of benzene rings is 2. The Hall–Kier alpha value is -2.13. The van der Waals surface area contributed by atoms with E-state index in [9.17, 15) is 4.39 Å². The van der Waals surface area contributed by atoms with E-state index in [0.717, 1.165) is 41.9 Å². The van der Waals surface area contributed by atoms with Gasteiger partial charge in [-0.25, -0.2) is 9.07 Å². The van der Waals surface area contributed by atoms with Crippen molar-refractivity contribution in [2.45, 2.75) is 38.5 Å². The van der Waals surface area contributed by atoms with Gasteiger partial charge in [0.2, 0.25) is 0 Å². The highest BCUT2D eigenvalue weighted by molar-refractivity contribution is 6.30. The topological polar surface area (TPSA) is 17.8 Å². The summed E-state index contributed by atoms with van der Waals surface area (Å²) in [5.41, 5.74) is 3.87. The van der Waals surface area contributed by atoms with E-state index in [1.807, 2.05) is 35.0 Å². The third-order valence-electron chi connectivity index (χ3n) is 4.52. The second-order valence-electron chi connectivity index (χ2n) is 6.45. The summed E-state index contributed by atoms with van der Waals surface area (Å²) in [6.45, 7) is 6.27. The van der Waals surface area contributed by atoms with Crippen molar-refractivity contribution in [2.75, 3.05) is 0 Å². The van der Waals surface area contributed by atoms with E-state index in [1.165, 1.54) is 6.07 Å². The maximum atomic E-state index is 13.8. The zero-order valence-electron chi connectivity index (χ0n) is 15.0. The molecule has 0 saturated carbocycles. The normalized spacial score (nSPS) is 12.3. The molecule has 0 fully saturated rings. The molecule has 1 aromatic heterocycles. The molecule has 26 heavy (non-hydrogen) atoms. The summed E-state index contributed by atoms with van der Waals surface area (Å²) < 4.78 is 15.7. The summed E-state index contributed by atoms with van der Waals surface area (Å²) in [5.74, 6) is -0.270. The number of aromatic nitrogens is 2. The Morgan fingerprint density at radius 3 is 2.65 bits per heavy atom. The van der Waals surface area contributed by atoms with Crippen molar-refractivity contribution < 1.29 is 4.39 Å². The Morgan fingerprint density at radius 1 is 1.15 bits per heavy atom. The molecule has 0 spiro atoms. The molecule has 135 valence electrons. The predicted molar refractivity (Wildman–Crippen MR) is 105 cm³/mol. The van der Waals surface area contributed by atoms with Crippen LogP contribution in [-0.2, 0) is 6.42 Å². The van der Waals surface area contributed by atoms with Gasteiger partial charge in [-0.1, -0.05) is 50.1 Å². The van der Waals surface area contributed by atoms with Crippen LogP contribution in [0, 0.1) is 12.7 Å². The average Bonchev–Trinajstić information content (AvgIpc) is 3.05. The smallest absolute Gasteiger partial charge is 0.123 e. The number of unbranched alkanes of at least 4 members (excludes halogenated alkanes) is 1. The fourth-order valence-electron chi connectivity index (χ4n) is 3.20. The van der Waals surface area contributed by atoms with E-state index >= 15 is 0 Å². The summed E-state index contributed by atoms with van der Waals surface area (Å²) in [7, 11) is 0. The van der Waals surface area contributed by atoms with Crippen LogP contribution >= 0.6 is 11.6 Å². The van der Waals surface area contributed by atoms with Crippen molar-refractivity contribution in [2.24, 2.45) is 0 Å². The second-order valence-corrected chi connectivity index (χ2v) is 6.89. The first-order valence-corrected chi connectivity index (χ1v) is 9.39. The molecular weight excluding hydrogens is 347 g/mol. The van der Waals surface area contributed by atoms with Crippen molar-refractivity contribution in [1.82, 2.24) is 9.78 Å². The molecule has 0 bridgehead atoms. The third-order valence-corrected chi connectivity index (χ3v) is 4.76. The quantitative estimate of drug-likeness (QED) is 0.473. The van der Waals surface area contributed by atoms with Crippen LogP contribution in [0.25, 0.3) is 5.69 Å². The monoisotopic (exact) mass is 369 g/mol. The van der Waals surface area contributed by atoms with E-state index in [4.69, 9.17) is 16.7 Å². The Balaban J connectivity index is 2.09. The lowest BCUT2D eigenvalue weighted by Crippen LogP contribution is -2.09. The molecular formula is C22H23ClFN2. The van der Waals surface area contributed by atoms with E-state index in [0.29, 0.717) is 11.4 Å². The first kappa shape index (κ1) is 18.7. The minimum atomic E-state index is -0.235. The largest absolute Gasteiger partial charge is 0.237 e. The van der Waals surface area contributed by atoms with Gasteiger partial charge in [-0.05, 0) is 61.2 Å². The maximum Gasteiger partial charge on any atom is 0.123 e. The molecule has 0 amide bonds. The standard InChI is InChI=1S/C22H23ClFN2/c1-3-5-11-19-15-22(21(4-2)16-8-6-10-18(24)13-16)26(25-19)20-12-7-9-17(23)14-20/h6-10,12-15,21H,2-5,11H2,1H3. The van der Waals surface area contributed by atoms with Crippen molar-refractivity contribution in [3.8, 4) is 5.69 Å². The summed E-state index contributed by atoms with van der Waals surface area (Å²) >= 11 is 6.19. The van der Waals surface area contributed by atoms with E-state index in [-0.39, 0.29) is 11.7 Å². The van der Waals surface area contributed by atoms with Crippen molar-refractivity contribution in [1.29, 1.82) is 0 Å². The molecule has 0 saturated heterocycles. The molecule has 1 unspecified atom stereocenters.